The molecule has 7 heteroatoms. The molecule has 0 radical (unpaired) electrons. The van der Waals surface area contributed by atoms with Crippen molar-refractivity contribution in [2.75, 3.05) is 0 Å². The van der Waals surface area contributed by atoms with Crippen LogP contribution in [0.15, 0.2) is 48.5 Å². The number of carboxylic acid groups (broad SMARTS) is 1. The van der Waals surface area contributed by atoms with Crippen LogP contribution in [0.1, 0.15) is 11.1 Å². The molecule has 1 atom stereocenters. The predicted molar refractivity (Wildman–Crippen MR) is 94.0 cm³/mol. The summed E-state index contributed by atoms with van der Waals surface area (Å²) in [6.07, 6.45) is -1.03. The number of amides is 1. The summed E-state index contributed by atoms with van der Waals surface area (Å²) in [7, 11) is 0. The van der Waals surface area contributed by atoms with Crippen molar-refractivity contribution >= 4 is 34.7 Å². The first kappa shape index (κ1) is 18.2. The van der Waals surface area contributed by atoms with Gasteiger partial charge in [-0.15, -0.1) is 0 Å². The largest absolute Gasteiger partial charge is 0.480 e. The molecule has 2 N–H and O–H groups in total. The normalized spacial score (nSPS) is 11.6. The van der Waals surface area contributed by atoms with Gasteiger partial charge in [-0.3, -0.25) is 0 Å². The van der Waals surface area contributed by atoms with Gasteiger partial charge in [-0.1, -0.05) is 42.5 Å². The SMILES string of the molecule is O=C(NC(Cc1cccc(I)c1F)C(=O)O)OCc1ccccc1. The molecule has 126 valence electrons. The van der Waals surface area contributed by atoms with Crippen LogP contribution in [-0.2, 0) is 22.6 Å². The summed E-state index contributed by atoms with van der Waals surface area (Å²) >= 11 is 1.82. The van der Waals surface area contributed by atoms with E-state index in [1.807, 2.05) is 28.7 Å². The van der Waals surface area contributed by atoms with E-state index in [1.54, 1.807) is 36.4 Å². The number of carboxylic acids is 1. The third-order valence-corrected chi connectivity index (χ3v) is 4.09. The van der Waals surface area contributed by atoms with Crippen LogP contribution in [-0.4, -0.2) is 23.2 Å². The lowest BCUT2D eigenvalue weighted by Gasteiger charge is -2.15. The summed E-state index contributed by atoms with van der Waals surface area (Å²) in [5, 5.41) is 11.5. The molecule has 2 aromatic rings. The zero-order valence-electron chi connectivity index (χ0n) is 12.5. The Morgan fingerprint density at radius 3 is 2.54 bits per heavy atom. The monoisotopic (exact) mass is 443 g/mol. The third-order valence-electron chi connectivity index (χ3n) is 3.26. The van der Waals surface area contributed by atoms with Gasteiger partial charge in [0.1, 0.15) is 18.5 Å². The van der Waals surface area contributed by atoms with Gasteiger partial charge in [0.2, 0.25) is 0 Å². The molecule has 0 aromatic heterocycles. The lowest BCUT2D eigenvalue weighted by molar-refractivity contribution is -0.139. The standard InChI is InChI=1S/C17H15FINO4/c18-15-12(7-4-8-13(15)19)9-14(16(21)22)20-17(23)24-10-11-5-2-1-3-6-11/h1-8,14H,9-10H2,(H,20,23)(H,21,22). The molecule has 2 rings (SSSR count). The number of carbonyl (C=O) groups excluding carboxylic acids is 1. The van der Waals surface area contributed by atoms with Crippen molar-refractivity contribution in [1.29, 1.82) is 0 Å². The number of halogens is 2. The summed E-state index contributed by atoms with van der Waals surface area (Å²) in [6.45, 7) is 0.0244. The molecule has 0 aliphatic heterocycles. The van der Waals surface area contributed by atoms with Crippen molar-refractivity contribution in [3.05, 3.63) is 69.0 Å². The van der Waals surface area contributed by atoms with Gasteiger partial charge in [-0.2, -0.15) is 0 Å². The van der Waals surface area contributed by atoms with Crippen LogP contribution in [0.25, 0.3) is 0 Å². The molecule has 24 heavy (non-hydrogen) atoms. The van der Waals surface area contributed by atoms with Crippen LogP contribution in [0.3, 0.4) is 0 Å². The molecule has 0 fully saturated rings. The molecule has 1 amide bonds. The van der Waals surface area contributed by atoms with E-state index in [-0.39, 0.29) is 18.6 Å². The van der Waals surface area contributed by atoms with Crippen molar-refractivity contribution in [2.45, 2.75) is 19.1 Å². The van der Waals surface area contributed by atoms with E-state index < -0.39 is 23.9 Å². The van der Waals surface area contributed by atoms with Crippen LogP contribution < -0.4 is 5.32 Å². The van der Waals surface area contributed by atoms with E-state index in [9.17, 15) is 19.1 Å². The van der Waals surface area contributed by atoms with Gasteiger partial charge in [-0.25, -0.2) is 14.0 Å². The maximum atomic E-state index is 14.0. The topological polar surface area (TPSA) is 75.6 Å². The van der Waals surface area contributed by atoms with Crippen LogP contribution >= 0.6 is 22.6 Å². The molecule has 5 nitrogen and oxygen atoms in total. The van der Waals surface area contributed by atoms with Gasteiger partial charge in [0, 0.05) is 9.99 Å². The minimum absolute atomic E-state index is 0.0244. The average molecular weight is 443 g/mol. The van der Waals surface area contributed by atoms with Gasteiger partial charge in [0.25, 0.3) is 0 Å². The van der Waals surface area contributed by atoms with E-state index in [0.717, 1.165) is 5.56 Å². The third kappa shape index (κ3) is 5.19. The molecular weight excluding hydrogens is 428 g/mol. The second kappa shape index (κ2) is 8.62. The molecule has 0 spiro atoms. The first-order valence-corrected chi connectivity index (χ1v) is 8.18. The van der Waals surface area contributed by atoms with Gasteiger partial charge < -0.3 is 15.2 Å². The number of ether oxygens (including phenoxy) is 1. The van der Waals surface area contributed by atoms with Gasteiger partial charge in [0.15, 0.2) is 0 Å². The summed E-state index contributed by atoms with van der Waals surface area (Å²) in [5.74, 6) is -1.74. The zero-order chi connectivity index (χ0) is 17.5. The Hall–Kier alpha value is -2.16. The molecular formula is C17H15FINO4. The van der Waals surface area contributed by atoms with E-state index in [0.29, 0.717) is 3.57 Å². The number of hydrogen-bond donors (Lipinski definition) is 2. The molecule has 0 aliphatic rings. The highest BCUT2D eigenvalue weighted by molar-refractivity contribution is 14.1. The fourth-order valence-electron chi connectivity index (χ4n) is 2.03. The first-order valence-electron chi connectivity index (χ1n) is 7.10. The smallest absolute Gasteiger partial charge is 0.408 e. The highest BCUT2D eigenvalue weighted by Gasteiger charge is 2.23. The molecule has 0 aliphatic carbocycles. The molecule has 0 saturated heterocycles. The lowest BCUT2D eigenvalue weighted by Crippen LogP contribution is -2.42. The Morgan fingerprint density at radius 1 is 1.17 bits per heavy atom. The van der Waals surface area contributed by atoms with Crippen molar-refractivity contribution in [3.8, 4) is 0 Å². The average Bonchev–Trinajstić information content (AvgIpc) is 2.57. The first-order chi connectivity index (χ1) is 11.5. The fraction of sp³-hybridized carbons (Fsp3) is 0.176. The minimum Gasteiger partial charge on any atom is -0.480 e. The van der Waals surface area contributed by atoms with E-state index in [4.69, 9.17) is 4.74 Å². The summed E-state index contributed by atoms with van der Waals surface area (Å²) in [5.41, 5.74) is 1.00. The molecule has 0 heterocycles. The van der Waals surface area contributed by atoms with Crippen LogP contribution in [0, 0.1) is 9.39 Å². The van der Waals surface area contributed by atoms with Crippen molar-refractivity contribution < 1.29 is 23.8 Å². The Morgan fingerprint density at radius 2 is 1.88 bits per heavy atom. The Balaban J connectivity index is 1.96. The molecule has 2 aromatic carbocycles. The lowest BCUT2D eigenvalue weighted by atomic mass is 10.1. The summed E-state index contributed by atoms with van der Waals surface area (Å²) < 4.78 is 19.4. The maximum Gasteiger partial charge on any atom is 0.408 e. The van der Waals surface area contributed by atoms with Gasteiger partial charge >= 0.3 is 12.1 Å². The number of alkyl carbamates (subject to hydrolysis) is 1. The van der Waals surface area contributed by atoms with Gasteiger partial charge in [0.05, 0.1) is 0 Å². The van der Waals surface area contributed by atoms with Crippen LogP contribution in [0.4, 0.5) is 9.18 Å². The Bertz CT molecular complexity index is 724. The maximum absolute atomic E-state index is 14.0. The summed E-state index contributed by atoms with van der Waals surface area (Å²) in [4.78, 5) is 23.1. The number of rotatable bonds is 6. The van der Waals surface area contributed by atoms with Gasteiger partial charge in [-0.05, 0) is 39.8 Å². The van der Waals surface area contributed by atoms with E-state index in [2.05, 4.69) is 5.32 Å². The van der Waals surface area contributed by atoms with E-state index in [1.165, 1.54) is 6.07 Å². The summed E-state index contributed by atoms with van der Waals surface area (Å²) in [6, 6.07) is 12.4. The second-order valence-electron chi connectivity index (χ2n) is 5.01. The highest BCUT2D eigenvalue weighted by atomic mass is 127. The molecule has 0 bridgehead atoms. The van der Waals surface area contributed by atoms with E-state index >= 15 is 0 Å². The second-order valence-corrected chi connectivity index (χ2v) is 6.18. The minimum atomic E-state index is -1.28. The number of carbonyl (C=O) groups is 2. The fourth-order valence-corrected chi connectivity index (χ4v) is 2.59. The molecule has 0 saturated carbocycles. The number of aliphatic carboxylic acids is 1. The quantitative estimate of drug-likeness (QED) is 0.672. The number of hydrogen-bond acceptors (Lipinski definition) is 3. The van der Waals surface area contributed by atoms with Crippen molar-refractivity contribution in [3.63, 3.8) is 0 Å². The van der Waals surface area contributed by atoms with Crippen molar-refractivity contribution in [1.82, 2.24) is 5.32 Å². The van der Waals surface area contributed by atoms with Crippen LogP contribution in [0.5, 0.6) is 0 Å². The van der Waals surface area contributed by atoms with Crippen LogP contribution in [0.2, 0.25) is 0 Å². The number of nitrogens with one attached hydrogen (secondary N) is 1. The zero-order valence-corrected chi connectivity index (χ0v) is 14.7. The molecule has 1 unspecified atom stereocenters. The number of benzene rings is 2. The predicted octanol–water partition coefficient (Wildman–Crippen LogP) is 3.35. The Kier molecular flexibility index (Phi) is 6.53. The van der Waals surface area contributed by atoms with Crippen molar-refractivity contribution in [2.24, 2.45) is 0 Å². The Labute approximate surface area is 152 Å². The highest BCUT2D eigenvalue weighted by Crippen LogP contribution is 2.16.